The highest BCUT2D eigenvalue weighted by Gasteiger charge is 2.11. The second-order valence-electron chi connectivity index (χ2n) is 7.00. The average molecular weight is 408 g/mol. The van der Waals surface area contributed by atoms with Crippen LogP contribution in [0.25, 0.3) is 0 Å². The van der Waals surface area contributed by atoms with Gasteiger partial charge in [0, 0.05) is 42.2 Å². The third-order valence-electron chi connectivity index (χ3n) is 4.72. The highest BCUT2D eigenvalue weighted by Crippen LogP contribution is 2.23. The van der Waals surface area contributed by atoms with E-state index in [0.717, 1.165) is 24.2 Å². The molecule has 0 spiro atoms. The smallest absolute Gasteiger partial charge is 0.272 e. The van der Waals surface area contributed by atoms with Crippen LogP contribution in [-0.2, 0) is 13.2 Å². The maximum absolute atomic E-state index is 12.4. The molecule has 0 saturated heterocycles. The van der Waals surface area contributed by atoms with Crippen LogP contribution in [0.4, 0.5) is 5.69 Å². The van der Waals surface area contributed by atoms with Gasteiger partial charge < -0.3 is 10.1 Å². The van der Waals surface area contributed by atoms with Crippen LogP contribution in [-0.4, -0.2) is 27.2 Å². The van der Waals surface area contributed by atoms with Crippen LogP contribution < -0.4 is 10.1 Å². The zero-order valence-corrected chi connectivity index (χ0v) is 17.0. The summed E-state index contributed by atoms with van der Waals surface area (Å²) >= 11 is 0. The van der Waals surface area contributed by atoms with E-state index in [4.69, 9.17) is 4.74 Å². The predicted molar refractivity (Wildman–Crippen MR) is 113 cm³/mol. The standard InChI is InChI=1S/C22H24N4O4/c1-16-13-20(7-8-21(16)26(28)29)30-15-18-5-3-6-19(14-18)22(27)23-10-4-12-25-17(2)9-11-24-25/h3,5-9,11,13-14H,4,10,12,15H2,1-2H3,(H,23,27). The highest BCUT2D eigenvalue weighted by molar-refractivity contribution is 5.94. The molecule has 1 aromatic heterocycles. The number of rotatable bonds is 9. The monoisotopic (exact) mass is 408 g/mol. The van der Waals surface area contributed by atoms with Crippen LogP contribution >= 0.6 is 0 Å². The molecule has 3 rings (SSSR count). The van der Waals surface area contributed by atoms with Crippen LogP contribution in [0.2, 0.25) is 0 Å². The third kappa shape index (κ3) is 5.44. The minimum absolute atomic E-state index is 0.0590. The number of nitrogens with one attached hydrogen (secondary N) is 1. The Bertz CT molecular complexity index is 1050. The number of ether oxygens (including phenoxy) is 1. The molecule has 30 heavy (non-hydrogen) atoms. The SMILES string of the molecule is Cc1cc(OCc2cccc(C(=O)NCCCn3nccc3C)c2)ccc1[N+](=O)[O-]. The lowest BCUT2D eigenvalue weighted by Crippen LogP contribution is -2.25. The van der Waals surface area contributed by atoms with Crippen molar-refractivity contribution in [1.82, 2.24) is 15.1 Å². The number of benzene rings is 2. The van der Waals surface area contributed by atoms with Crippen molar-refractivity contribution in [2.75, 3.05) is 6.54 Å². The molecule has 0 bridgehead atoms. The molecule has 0 radical (unpaired) electrons. The van der Waals surface area contributed by atoms with Gasteiger partial charge in [0.05, 0.1) is 4.92 Å². The number of hydrogen-bond donors (Lipinski definition) is 1. The molecular weight excluding hydrogens is 384 g/mol. The fourth-order valence-electron chi connectivity index (χ4n) is 3.06. The summed E-state index contributed by atoms with van der Waals surface area (Å²) in [4.78, 5) is 22.9. The van der Waals surface area contributed by atoms with Crippen molar-refractivity contribution < 1.29 is 14.5 Å². The first-order chi connectivity index (χ1) is 14.4. The quantitative estimate of drug-likeness (QED) is 0.330. The van der Waals surface area contributed by atoms with Gasteiger partial charge in [0.25, 0.3) is 11.6 Å². The lowest BCUT2D eigenvalue weighted by molar-refractivity contribution is -0.385. The molecule has 1 N–H and O–H groups in total. The number of hydrogen-bond acceptors (Lipinski definition) is 5. The lowest BCUT2D eigenvalue weighted by Gasteiger charge is -2.10. The minimum atomic E-state index is -0.419. The number of aromatic nitrogens is 2. The Morgan fingerprint density at radius 3 is 2.73 bits per heavy atom. The van der Waals surface area contributed by atoms with E-state index in [1.807, 2.05) is 29.8 Å². The Labute approximate surface area is 174 Å². The predicted octanol–water partition coefficient (Wildman–Crippen LogP) is 3.81. The van der Waals surface area contributed by atoms with E-state index in [1.165, 1.54) is 6.07 Å². The highest BCUT2D eigenvalue weighted by atomic mass is 16.6. The van der Waals surface area contributed by atoms with E-state index in [0.29, 0.717) is 23.4 Å². The van der Waals surface area contributed by atoms with Gasteiger partial charge in [-0.15, -0.1) is 0 Å². The van der Waals surface area contributed by atoms with E-state index in [1.54, 1.807) is 37.4 Å². The van der Waals surface area contributed by atoms with Gasteiger partial charge in [0.2, 0.25) is 0 Å². The van der Waals surface area contributed by atoms with E-state index in [2.05, 4.69) is 10.4 Å². The Hall–Kier alpha value is -3.68. The summed E-state index contributed by atoms with van der Waals surface area (Å²) in [6.07, 6.45) is 2.55. The van der Waals surface area contributed by atoms with E-state index < -0.39 is 4.92 Å². The molecule has 8 heteroatoms. The summed E-state index contributed by atoms with van der Waals surface area (Å²) in [6.45, 7) is 5.24. The van der Waals surface area contributed by atoms with Gasteiger partial charge in [-0.05, 0) is 56.2 Å². The summed E-state index contributed by atoms with van der Waals surface area (Å²) < 4.78 is 7.64. The number of nitro benzene ring substituents is 1. The summed E-state index contributed by atoms with van der Waals surface area (Å²) in [5.41, 5.74) is 3.09. The molecule has 1 heterocycles. The number of carbonyl (C=O) groups is 1. The van der Waals surface area contributed by atoms with Crippen molar-refractivity contribution in [2.45, 2.75) is 33.4 Å². The third-order valence-corrected chi connectivity index (χ3v) is 4.72. The number of nitrogens with zero attached hydrogens (tertiary/aromatic N) is 3. The fourth-order valence-corrected chi connectivity index (χ4v) is 3.06. The molecule has 0 aliphatic rings. The molecule has 0 fully saturated rings. The molecular formula is C22H24N4O4. The lowest BCUT2D eigenvalue weighted by atomic mass is 10.1. The summed E-state index contributed by atoms with van der Waals surface area (Å²) in [6, 6.07) is 13.8. The number of carbonyl (C=O) groups excluding carboxylic acids is 1. The van der Waals surface area contributed by atoms with Crippen molar-refractivity contribution in [1.29, 1.82) is 0 Å². The van der Waals surface area contributed by atoms with Crippen molar-refractivity contribution in [3.63, 3.8) is 0 Å². The molecule has 0 saturated carbocycles. The van der Waals surface area contributed by atoms with Crippen molar-refractivity contribution in [2.24, 2.45) is 0 Å². The molecule has 0 aliphatic carbocycles. The first-order valence-corrected chi connectivity index (χ1v) is 9.67. The average Bonchev–Trinajstić information content (AvgIpc) is 3.14. The van der Waals surface area contributed by atoms with Crippen LogP contribution in [0.15, 0.2) is 54.7 Å². The molecule has 2 aromatic carbocycles. The van der Waals surface area contributed by atoms with Gasteiger partial charge in [-0.1, -0.05) is 12.1 Å². The largest absolute Gasteiger partial charge is 0.489 e. The normalized spacial score (nSPS) is 10.6. The van der Waals surface area contributed by atoms with Crippen molar-refractivity contribution >= 4 is 11.6 Å². The maximum atomic E-state index is 12.4. The topological polar surface area (TPSA) is 99.3 Å². The van der Waals surface area contributed by atoms with Gasteiger partial charge in [0.1, 0.15) is 12.4 Å². The van der Waals surface area contributed by atoms with Gasteiger partial charge in [-0.2, -0.15) is 5.10 Å². The van der Waals surface area contributed by atoms with Gasteiger partial charge >= 0.3 is 0 Å². The van der Waals surface area contributed by atoms with Gasteiger partial charge in [0.15, 0.2) is 0 Å². The van der Waals surface area contributed by atoms with Crippen molar-refractivity contribution in [3.05, 3.63) is 87.2 Å². The van der Waals surface area contributed by atoms with E-state index in [9.17, 15) is 14.9 Å². The molecule has 0 atom stereocenters. The molecule has 1 amide bonds. The second-order valence-corrected chi connectivity index (χ2v) is 7.00. The molecule has 0 aliphatic heterocycles. The zero-order chi connectivity index (χ0) is 21.5. The molecule has 156 valence electrons. The van der Waals surface area contributed by atoms with Gasteiger partial charge in [-0.3, -0.25) is 19.6 Å². The zero-order valence-electron chi connectivity index (χ0n) is 17.0. The summed E-state index contributed by atoms with van der Waals surface area (Å²) in [5.74, 6) is 0.405. The number of aryl methyl sites for hydroxylation is 3. The number of nitro groups is 1. The molecule has 8 nitrogen and oxygen atoms in total. The van der Waals surface area contributed by atoms with Crippen LogP contribution in [0.1, 0.15) is 33.6 Å². The van der Waals surface area contributed by atoms with Gasteiger partial charge in [-0.25, -0.2) is 0 Å². The first kappa shape index (κ1) is 21.0. The van der Waals surface area contributed by atoms with Crippen LogP contribution in [0, 0.1) is 24.0 Å². The van der Waals surface area contributed by atoms with Crippen molar-refractivity contribution in [3.8, 4) is 5.75 Å². The Kier molecular flexibility index (Phi) is 6.79. The minimum Gasteiger partial charge on any atom is -0.489 e. The van der Waals surface area contributed by atoms with E-state index >= 15 is 0 Å². The van der Waals surface area contributed by atoms with Crippen LogP contribution in [0.5, 0.6) is 5.75 Å². The van der Waals surface area contributed by atoms with E-state index in [-0.39, 0.29) is 18.2 Å². The maximum Gasteiger partial charge on any atom is 0.272 e. The van der Waals surface area contributed by atoms with Crippen LogP contribution in [0.3, 0.4) is 0 Å². The Balaban J connectivity index is 1.51. The molecule has 0 unspecified atom stereocenters. The summed E-state index contributed by atoms with van der Waals surface area (Å²) in [7, 11) is 0. The Morgan fingerprint density at radius 2 is 2.03 bits per heavy atom. The first-order valence-electron chi connectivity index (χ1n) is 9.67. The fraction of sp³-hybridized carbons (Fsp3) is 0.273. The number of amides is 1. The Morgan fingerprint density at radius 1 is 1.20 bits per heavy atom. The second kappa shape index (κ2) is 9.69. The molecule has 3 aromatic rings. The summed E-state index contributed by atoms with van der Waals surface area (Å²) in [5, 5.41) is 18.0.